The van der Waals surface area contributed by atoms with E-state index in [1.165, 1.54) is 4.90 Å². The fourth-order valence-electron chi connectivity index (χ4n) is 1.54. The topological polar surface area (TPSA) is 57.6 Å². The molecule has 2 rings (SSSR count). The highest BCUT2D eigenvalue weighted by atomic mass is 127. The minimum Gasteiger partial charge on any atom is -0.507 e. The molecule has 1 saturated heterocycles. The second-order valence-electron chi connectivity index (χ2n) is 3.64. The number of nitrogens with zero attached hydrogens (tertiary/aromatic N) is 1. The first-order chi connectivity index (χ1) is 8.52. The largest absolute Gasteiger partial charge is 0.507 e. The minimum absolute atomic E-state index is 0.203. The summed E-state index contributed by atoms with van der Waals surface area (Å²) in [7, 11) is 0. The van der Waals surface area contributed by atoms with Crippen LogP contribution in [-0.4, -0.2) is 27.7 Å². The van der Waals surface area contributed by atoms with Crippen LogP contribution in [-0.2, 0) is 4.79 Å². The molecule has 0 aliphatic carbocycles. The molecule has 6 heteroatoms. The summed E-state index contributed by atoms with van der Waals surface area (Å²) in [4.78, 5) is 25.0. The van der Waals surface area contributed by atoms with Gasteiger partial charge in [-0.3, -0.25) is 14.5 Å². The SMILES string of the molecule is CCN1C(=O)S/C(=C/c2ccc(O)c(I)c2)C1=O. The Balaban J connectivity index is 2.32. The van der Waals surface area contributed by atoms with Gasteiger partial charge in [-0.1, -0.05) is 6.07 Å². The molecule has 1 N–H and O–H groups in total. The highest BCUT2D eigenvalue weighted by Gasteiger charge is 2.33. The van der Waals surface area contributed by atoms with E-state index in [9.17, 15) is 14.7 Å². The fourth-order valence-corrected chi connectivity index (χ4v) is 2.98. The van der Waals surface area contributed by atoms with Gasteiger partial charge in [0.25, 0.3) is 11.1 Å². The van der Waals surface area contributed by atoms with Crippen molar-refractivity contribution in [3.63, 3.8) is 0 Å². The lowest BCUT2D eigenvalue weighted by molar-refractivity contribution is -0.122. The molecule has 1 fully saturated rings. The lowest BCUT2D eigenvalue weighted by Gasteiger charge is -2.07. The molecule has 0 bridgehead atoms. The van der Waals surface area contributed by atoms with Crippen LogP contribution in [0.15, 0.2) is 23.1 Å². The summed E-state index contributed by atoms with van der Waals surface area (Å²) in [5.74, 6) is -0.0509. The lowest BCUT2D eigenvalue weighted by Crippen LogP contribution is -2.27. The lowest BCUT2D eigenvalue weighted by atomic mass is 10.2. The molecular formula is C12H10INO3S. The fraction of sp³-hybridized carbons (Fsp3) is 0.167. The number of amides is 2. The molecule has 1 aliphatic rings. The maximum atomic E-state index is 11.9. The molecule has 1 aliphatic heterocycles. The van der Waals surface area contributed by atoms with Gasteiger partial charge in [0.1, 0.15) is 5.75 Å². The van der Waals surface area contributed by atoms with Crippen LogP contribution in [0.25, 0.3) is 6.08 Å². The maximum absolute atomic E-state index is 11.9. The highest BCUT2D eigenvalue weighted by Crippen LogP contribution is 2.32. The van der Waals surface area contributed by atoms with Crippen molar-refractivity contribution in [3.8, 4) is 5.75 Å². The number of carbonyl (C=O) groups excluding carboxylic acids is 2. The molecular weight excluding hydrogens is 365 g/mol. The van der Waals surface area contributed by atoms with Gasteiger partial charge in [0.15, 0.2) is 0 Å². The zero-order valence-electron chi connectivity index (χ0n) is 9.51. The van der Waals surface area contributed by atoms with Crippen LogP contribution in [0.4, 0.5) is 4.79 Å². The average Bonchev–Trinajstić information content (AvgIpc) is 2.59. The summed E-state index contributed by atoms with van der Waals surface area (Å²) >= 11 is 2.95. The van der Waals surface area contributed by atoms with Gasteiger partial charge in [-0.25, -0.2) is 0 Å². The summed E-state index contributed by atoms with van der Waals surface area (Å²) in [5.41, 5.74) is 0.791. The van der Waals surface area contributed by atoms with Crippen LogP contribution in [0.1, 0.15) is 12.5 Å². The van der Waals surface area contributed by atoms with Crippen LogP contribution in [0.3, 0.4) is 0 Å². The standard InChI is InChI=1S/C12H10INO3S/c1-2-14-11(16)10(18-12(14)17)6-7-3-4-9(15)8(13)5-7/h3-6,15H,2H2,1H3/b10-6+. The third kappa shape index (κ3) is 2.54. The maximum Gasteiger partial charge on any atom is 0.293 e. The van der Waals surface area contributed by atoms with Gasteiger partial charge in [-0.2, -0.15) is 0 Å². The Kier molecular flexibility index (Phi) is 3.96. The van der Waals surface area contributed by atoms with Crippen molar-refractivity contribution in [3.05, 3.63) is 32.2 Å². The predicted octanol–water partition coefficient (Wildman–Crippen LogP) is 3.05. The Morgan fingerprint density at radius 3 is 2.72 bits per heavy atom. The van der Waals surface area contributed by atoms with E-state index in [-0.39, 0.29) is 16.9 Å². The summed E-state index contributed by atoms with van der Waals surface area (Å²) in [5, 5.41) is 9.18. The van der Waals surface area contributed by atoms with E-state index in [4.69, 9.17) is 0 Å². The average molecular weight is 375 g/mol. The normalized spacial score (nSPS) is 17.9. The zero-order valence-corrected chi connectivity index (χ0v) is 12.5. The monoisotopic (exact) mass is 375 g/mol. The number of hydrogen-bond acceptors (Lipinski definition) is 4. The number of phenolic OH excluding ortho intramolecular Hbond substituents is 1. The van der Waals surface area contributed by atoms with Crippen LogP contribution in [0, 0.1) is 3.57 Å². The van der Waals surface area contributed by atoms with Gasteiger partial charge in [0.2, 0.25) is 0 Å². The molecule has 1 heterocycles. The highest BCUT2D eigenvalue weighted by molar-refractivity contribution is 14.1. The Hall–Kier alpha value is -1.02. The van der Waals surface area contributed by atoms with Gasteiger partial charge in [-0.05, 0) is 65.0 Å². The van der Waals surface area contributed by atoms with Gasteiger partial charge in [0, 0.05) is 6.54 Å². The van der Waals surface area contributed by atoms with E-state index in [0.29, 0.717) is 15.0 Å². The van der Waals surface area contributed by atoms with Crippen LogP contribution >= 0.6 is 34.4 Å². The van der Waals surface area contributed by atoms with E-state index in [0.717, 1.165) is 17.3 Å². The van der Waals surface area contributed by atoms with E-state index in [1.807, 2.05) is 22.6 Å². The Labute approximate surface area is 122 Å². The van der Waals surface area contributed by atoms with Crippen LogP contribution in [0.5, 0.6) is 5.75 Å². The summed E-state index contributed by atoms with van der Waals surface area (Å²) in [6.07, 6.45) is 1.67. The molecule has 1 aromatic rings. The van der Waals surface area contributed by atoms with Crippen LogP contribution < -0.4 is 0 Å². The Morgan fingerprint density at radius 1 is 1.44 bits per heavy atom. The number of imide groups is 1. The Morgan fingerprint density at radius 2 is 2.17 bits per heavy atom. The van der Waals surface area contributed by atoms with Gasteiger partial charge < -0.3 is 5.11 Å². The van der Waals surface area contributed by atoms with Gasteiger partial charge in [0.05, 0.1) is 8.48 Å². The molecule has 1 aromatic carbocycles. The quantitative estimate of drug-likeness (QED) is 0.638. The number of hydrogen-bond donors (Lipinski definition) is 1. The molecule has 4 nitrogen and oxygen atoms in total. The second-order valence-corrected chi connectivity index (χ2v) is 5.79. The first-order valence-electron chi connectivity index (χ1n) is 5.27. The molecule has 18 heavy (non-hydrogen) atoms. The smallest absolute Gasteiger partial charge is 0.293 e. The van der Waals surface area contributed by atoms with Crippen molar-refractivity contribution in [1.82, 2.24) is 4.90 Å². The number of halogens is 1. The van der Waals surface area contributed by atoms with E-state index < -0.39 is 0 Å². The minimum atomic E-state index is -0.254. The zero-order chi connectivity index (χ0) is 13.3. The molecule has 0 spiro atoms. The van der Waals surface area contributed by atoms with Gasteiger partial charge in [-0.15, -0.1) is 0 Å². The number of phenols is 1. The van der Waals surface area contributed by atoms with Crippen LogP contribution in [0.2, 0.25) is 0 Å². The van der Waals surface area contributed by atoms with Crippen molar-refractivity contribution in [2.24, 2.45) is 0 Å². The van der Waals surface area contributed by atoms with Crippen molar-refractivity contribution < 1.29 is 14.7 Å². The summed E-state index contributed by atoms with van der Waals surface area (Å²) in [6, 6.07) is 5.03. The molecule has 0 radical (unpaired) electrons. The number of carbonyl (C=O) groups is 2. The van der Waals surface area contributed by atoms with Crippen molar-refractivity contribution in [2.45, 2.75) is 6.92 Å². The van der Waals surface area contributed by atoms with E-state index in [2.05, 4.69) is 0 Å². The Bertz CT molecular complexity index is 556. The van der Waals surface area contributed by atoms with Crippen molar-refractivity contribution in [2.75, 3.05) is 6.54 Å². The molecule has 2 amide bonds. The first-order valence-corrected chi connectivity index (χ1v) is 7.16. The second kappa shape index (κ2) is 5.31. The molecule has 0 atom stereocenters. The van der Waals surface area contributed by atoms with Crippen molar-refractivity contribution >= 4 is 51.6 Å². The number of likely N-dealkylation sites (N-methyl/N-ethyl adjacent to an activating group) is 1. The summed E-state index contributed by atoms with van der Waals surface area (Å²) < 4.78 is 0.705. The molecule has 94 valence electrons. The number of aromatic hydroxyl groups is 1. The third-order valence-electron chi connectivity index (χ3n) is 2.46. The first kappa shape index (κ1) is 13.4. The predicted molar refractivity (Wildman–Crippen MR) is 79.2 cm³/mol. The van der Waals surface area contributed by atoms with Crippen molar-refractivity contribution in [1.29, 1.82) is 0 Å². The van der Waals surface area contributed by atoms with E-state index >= 15 is 0 Å². The molecule has 0 aromatic heterocycles. The number of thioether (sulfide) groups is 1. The van der Waals surface area contributed by atoms with Gasteiger partial charge >= 0.3 is 0 Å². The molecule has 0 unspecified atom stereocenters. The number of benzene rings is 1. The third-order valence-corrected chi connectivity index (χ3v) is 4.23. The number of rotatable bonds is 2. The van der Waals surface area contributed by atoms with E-state index in [1.54, 1.807) is 31.2 Å². The summed E-state index contributed by atoms with van der Waals surface area (Å²) in [6.45, 7) is 2.15. The molecule has 0 saturated carbocycles.